The molecule has 7 nitrogen and oxygen atoms in total. The van der Waals surface area contributed by atoms with Crippen LogP contribution in [0.5, 0.6) is 5.75 Å². The number of aromatic hydroxyl groups is 1. The SMILES string of the molecule is O=C(Nc1scnc1C(=O)NCC1(F)CC1)c1cc(Cl)c(O)c(Cl)n1. The minimum Gasteiger partial charge on any atom is -0.504 e. The van der Waals surface area contributed by atoms with E-state index >= 15 is 0 Å². The molecular weight excluding hydrogens is 394 g/mol. The van der Waals surface area contributed by atoms with Crippen LogP contribution >= 0.6 is 34.5 Å². The molecule has 0 atom stereocenters. The van der Waals surface area contributed by atoms with Crippen LogP contribution in [0, 0.1) is 0 Å². The molecule has 3 rings (SSSR count). The third kappa shape index (κ3) is 4.00. The number of alkyl halides is 1. The van der Waals surface area contributed by atoms with Gasteiger partial charge < -0.3 is 15.7 Å². The molecule has 0 saturated heterocycles. The Kier molecular flexibility index (Phi) is 4.81. The van der Waals surface area contributed by atoms with Gasteiger partial charge in [0.1, 0.15) is 16.4 Å². The number of pyridine rings is 1. The van der Waals surface area contributed by atoms with Crippen molar-refractivity contribution < 1.29 is 19.1 Å². The Bertz CT molecular complexity index is 833. The first-order valence-corrected chi connectivity index (χ1v) is 8.69. The molecule has 2 amide bonds. The highest BCUT2D eigenvalue weighted by molar-refractivity contribution is 7.14. The topological polar surface area (TPSA) is 104 Å². The fraction of sp³-hybridized carbons (Fsp3) is 0.286. The van der Waals surface area contributed by atoms with Crippen LogP contribution in [-0.2, 0) is 0 Å². The molecular formula is C14H11Cl2FN4O3S. The molecule has 11 heteroatoms. The molecule has 132 valence electrons. The number of hydrogen-bond donors (Lipinski definition) is 3. The van der Waals surface area contributed by atoms with Gasteiger partial charge in [0.2, 0.25) is 0 Å². The van der Waals surface area contributed by atoms with Crippen LogP contribution in [0.15, 0.2) is 11.6 Å². The molecule has 0 spiro atoms. The highest BCUT2D eigenvalue weighted by atomic mass is 35.5. The van der Waals surface area contributed by atoms with Crippen LogP contribution in [0.4, 0.5) is 9.39 Å². The molecule has 0 unspecified atom stereocenters. The van der Waals surface area contributed by atoms with Crippen LogP contribution in [0.3, 0.4) is 0 Å². The lowest BCUT2D eigenvalue weighted by Gasteiger charge is -2.08. The number of carbonyl (C=O) groups is 2. The molecule has 0 radical (unpaired) electrons. The number of halogens is 3. The smallest absolute Gasteiger partial charge is 0.275 e. The Labute approximate surface area is 155 Å². The first-order chi connectivity index (χ1) is 11.8. The number of nitrogens with one attached hydrogen (secondary N) is 2. The fourth-order valence-electron chi connectivity index (χ4n) is 1.89. The molecule has 1 saturated carbocycles. The van der Waals surface area contributed by atoms with Gasteiger partial charge in [0.05, 0.1) is 17.1 Å². The van der Waals surface area contributed by atoms with E-state index in [1.807, 2.05) is 0 Å². The summed E-state index contributed by atoms with van der Waals surface area (Å²) in [5.74, 6) is -1.71. The second kappa shape index (κ2) is 6.74. The number of hydrogen-bond acceptors (Lipinski definition) is 6. The second-order valence-corrected chi connectivity index (χ2v) is 7.07. The first kappa shape index (κ1) is 17.8. The maximum absolute atomic E-state index is 13.6. The van der Waals surface area contributed by atoms with E-state index in [-0.39, 0.29) is 33.1 Å². The summed E-state index contributed by atoms with van der Waals surface area (Å²) in [7, 11) is 0. The number of carbonyl (C=O) groups excluding carboxylic acids is 2. The maximum atomic E-state index is 13.6. The van der Waals surface area contributed by atoms with Crippen molar-refractivity contribution >= 4 is 51.4 Å². The molecule has 2 heterocycles. The number of nitrogens with zero attached hydrogens (tertiary/aromatic N) is 2. The van der Waals surface area contributed by atoms with E-state index in [0.717, 1.165) is 17.4 Å². The van der Waals surface area contributed by atoms with Crippen molar-refractivity contribution in [2.24, 2.45) is 0 Å². The average Bonchev–Trinajstić information content (AvgIpc) is 3.13. The highest BCUT2D eigenvalue weighted by Crippen LogP contribution is 2.39. The van der Waals surface area contributed by atoms with Crippen LogP contribution in [0.25, 0.3) is 0 Å². The molecule has 0 bridgehead atoms. The van der Waals surface area contributed by atoms with E-state index in [9.17, 15) is 19.1 Å². The van der Waals surface area contributed by atoms with Crippen LogP contribution < -0.4 is 10.6 Å². The standard InChI is InChI=1S/C14H11Cl2FN4O3S/c15-6-3-7(20-10(16)9(6)22)11(23)21-13-8(19-5-25-13)12(24)18-4-14(17)1-2-14/h3,5,22H,1-2,4H2,(H,18,24)(H,21,23). The normalized spacial score (nSPS) is 14.8. The van der Waals surface area contributed by atoms with E-state index in [4.69, 9.17) is 23.2 Å². The van der Waals surface area contributed by atoms with Crippen LogP contribution in [0.2, 0.25) is 10.2 Å². The molecule has 2 aromatic rings. The number of aromatic nitrogens is 2. The Morgan fingerprint density at radius 1 is 1.36 bits per heavy atom. The zero-order valence-corrected chi connectivity index (χ0v) is 14.8. The quantitative estimate of drug-likeness (QED) is 0.664. The van der Waals surface area contributed by atoms with E-state index in [1.165, 1.54) is 5.51 Å². The Hall–Kier alpha value is -1.97. The fourth-order valence-corrected chi connectivity index (χ4v) is 3.00. The summed E-state index contributed by atoms with van der Waals surface area (Å²) in [6.07, 6.45) is 0.837. The predicted octanol–water partition coefficient (Wildman–Crippen LogP) is 3.03. The van der Waals surface area contributed by atoms with Gasteiger partial charge in [-0.1, -0.05) is 23.2 Å². The van der Waals surface area contributed by atoms with Crippen LogP contribution in [0.1, 0.15) is 33.8 Å². The first-order valence-electron chi connectivity index (χ1n) is 7.06. The minimum absolute atomic E-state index is 0.0291. The molecule has 1 aliphatic carbocycles. The molecule has 2 aromatic heterocycles. The minimum atomic E-state index is -1.33. The largest absolute Gasteiger partial charge is 0.504 e. The Morgan fingerprint density at radius 2 is 2.08 bits per heavy atom. The van der Waals surface area contributed by atoms with E-state index in [0.29, 0.717) is 12.8 Å². The number of thiazole rings is 1. The summed E-state index contributed by atoms with van der Waals surface area (Å²) in [5, 5.41) is 14.1. The van der Waals surface area contributed by atoms with Gasteiger partial charge in [0.15, 0.2) is 16.6 Å². The summed E-state index contributed by atoms with van der Waals surface area (Å²) in [4.78, 5) is 31.9. The zero-order chi connectivity index (χ0) is 18.2. The number of amides is 2. The van der Waals surface area contributed by atoms with Gasteiger partial charge in [-0.25, -0.2) is 14.4 Å². The molecule has 0 aliphatic heterocycles. The number of anilines is 1. The summed E-state index contributed by atoms with van der Waals surface area (Å²) >= 11 is 12.5. The van der Waals surface area contributed by atoms with E-state index < -0.39 is 23.2 Å². The van der Waals surface area contributed by atoms with Gasteiger partial charge in [0, 0.05) is 0 Å². The highest BCUT2D eigenvalue weighted by Gasteiger charge is 2.43. The summed E-state index contributed by atoms with van der Waals surface area (Å²) < 4.78 is 13.6. The Morgan fingerprint density at radius 3 is 2.72 bits per heavy atom. The predicted molar refractivity (Wildman–Crippen MR) is 91.4 cm³/mol. The van der Waals surface area contributed by atoms with Crippen molar-refractivity contribution in [3.05, 3.63) is 33.1 Å². The van der Waals surface area contributed by atoms with Gasteiger partial charge in [-0.05, 0) is 18.9 Å². The van der Waals surface area contributed by atoms with Gasteiger partial charge in [-0.3, -0.25) is 9.59 Å². The van der Waals surface area contributed by atoms with Crippen molar-refractivity contribution in [3.8, 4) is 5.75 Å². The lowest BCUT2D eigenvalue weighted by atomic mass is 10.3. The zero-order valence-electron chi connectivity index (χ0n) is 12.5. The van der Waals surface area contributed by atoms with Gasteiger partial charge in [-0.15, -0.1) is 11.3 Å². The molecule has 0 aromatic carbocycles. The summed E-state index contributed by atoms with van der Waals surface area (Å²) in [6.45, 7) is -0.0958. The molecule has 3 N–H and O–H groups in total. The maximum Gasteiger partial charge on any atom is 0.275 e. The summed E-state index contributed by atoms with van der Waals surface area (Å²) in [5.41, 5.74) is -0.137. The number of rotatable bonds is 5. The van der Waals surface area contributed by atoms with Crippen molar-refractivity contribution in [3.63, 3.8) is 0 Å². The van der Waals surface area contributed by atoms with Crippen LogP contribution in [-0.4, -0.2) is 39.1 Å². The van der Waals surface area contributed by atoms with E-state index in [1.54, 1.807) is 0 Å². The third-order valence-electron chi connectivity index (χ3n) is 3.50. The average molecular weight is 405 g/mol. The van der Waals surface area contributed by atoms with Crippen molar-refractivity contribution in [1.29, 1.82) is 0 Å². The van der Waals surface area contributed by atoms with Crippen molar-refractivity contribution in [1.82, 2.24) is 15.3 Å². The lowest BCUT2D eigenvalue weighted by Crippen LogP contribution is -2.32. The molecule has 1 aliphatic rings. The van der Waals surface area contributed by atoms with Crippen molar-refractivity contribution in [2.45, 2.75) is 18.5 Å². The van der Waals surface area contributed by atoms with E-state index in [2.05, 4.69) is 20.6 Å². The monoisotopic (exact) mass is 404 g/mol. The third-order valence-corrected chi connectivity index (χ3v) is 4.80. The van der Waals surface area contributed by atoms with Gasteiger partial charge in [0.25, 0.3) is 11.8 Å². The van der Waals surface area contributed by atoms with Crippen molar-refractivity contribution in [2.75, 3.05) is 11.9 Å². The molecule has 25 heavy (non-hydrogen) atoms. The lowest BCUT2D eigenvalue weighted by molar-refractivity contribution is 0.0934. The van der Waals surface area contributed by atoms with Gasteiger partial charge >= 0.3 is 0 Å². The second-order valence-electron chi connectivity index (χ2n) is 5.45. The van der Waals surface area contributed by atoms with Gasteiger partial charge in [-0.2, -0.15) is 0 Å². The Balaban J connectivity index is 1.72. The summed E-state index contributed by atoms with van der Waals surface area (Å²) in [6, 6.07) is 1.14. The molecule has 1 fully saturated rings.